The predicted molar refractivity (Wildman–Crippen MR) is 71.2 cm³/mol. The quantitative estimate of drug-likeness (QED) is 0.539. The molecule has 1 heterocycles. The molecule has 0 saturated heterocycles. The van der Waals surface area contributed by atoms with Crippen molar-refractivity contribution in [2.45, 2.75) is 39.2 Å². The molecule has 1 aliphatic rings. The van der Waals surface area contributed by atoms with Gasteiger partial charge in [0.05, 0.1) is 5.76 Å². The van der Waals surface area contributed by atoms with E-state index >= 15 is 0 Å². The minimum atomic E-state index is -0.0898. The minimum absolute atomic E-state index is 0.0898. The lowest BCUT2D eigenvalue weighted by Crippen LogP contribution is -2.07. The monoisotopic (exact) mass is 226 g/mol. The lowest BCUT2D eigenvalue weighted by atomic mass is 9.99. The second-order valence-corrected chi connectivity index (χ2v) is 4.31. The van der Waals surface area contributed by atoms with E-state index in [1.807, 2.05) is 13.0 Å². The highest BCUT2D eigenvalue weighted by Gasteiger charge is 2.17. The summed E-state index contributed by atoms with van der Waals surface area (Å²) >= 11 is 0. The Morgan fingerprint density at radius 1 is 1.29 bits per heavy atom. The normalized spacial score (nSPS) is 17.3. The summed E-state index contributed by atoms with van der Waals surface area (Å²) in [6, 6.07) is 8.30. The summed E-state index contributed by atoms with van der Waals surface area (Å²) in [6.45, 7) is 4.16. The Bertz CT molecular complexity index is 474. The lowest BCUT2D eigenvalue weighted by molar-refractivity contribution is 0.164. The number of benzene rings is 1. The van der Waals surface area contributed by atoms with E-state index in [2.05, 4.69) is 43.0 Å². The van der Waals surface area contributed by atoms with Gasteiger partial charge in [0.1, 0.15) is 0 Å². The first-order chi connectivity index (χ1) is 8.31. The number of hydrogen-bond acceptors (Lipinski definition) is 1. The molecule has 0 aliphatic carbocycles. The minimum Gasteiger partial charge on any atom is -0.478 e. The van der Waals surface area contributed by atoms with Gasteiger partial charge in [-0.25, -0.2) is 0 Å². The average molecular weight is 226 g/mol. The van der Waals surface area contributed by atoms with Gasteiger partial charge < -0.3 is 4.74 Å². The SMILES string of the molecule is CCCCC#C[C@H]1OC(C)=Cc2ccccc21. The lowest BCUT2D eigenvalue weighted by Gasteiger charge is -2.21. The van der Waals surface area contributed by atoms with Crippen LogP contribution in [0.25, 0.3) is 6.08 Å². The number of allylic oxidation sites excluding steroid dienone is 1. The molecule has 0 N–H and O–H groups in total. The summed E-state index contributed by atoms with van der Waals surface area (Å²) in [4.78, 5) is 0. The summed E-state index contributed by atoms with van der Waals surface area (Å²) < 4.78 is 5.78. The van der Waals surface area contributed by atoms with E-state index in [0.717, 1.165) is 18.6 Å². The fourth-order valence-electron chi connectivity index (χ4n) is 1.92. The number of hydrogen-bond donors (Lipinski definition) is 0. The van der Waals surface area contributed by atoms with Crippen LogP contribution < -0.4 is 0 Å². The molecule has 88 valence electrons. The van der Waals surface area contributed by atoms with Crippen LogP contribution in [0, 0.1) is 11.8 Å². The van der Waals surface area contributed by atoms with E-state index in [1.54, 1.807) is 0 Å². The number of unbranched alkanes of at least 4 members (excludes halogenated alkanes) is 2. The predicted octanol–water partition coefficient (Wildman–Crippen LogP) is 4.31. The molecule has 2 rings (SSSR count). The third-order valence-corrected chi connectivity index (χ3v) is 2.83. The fraction of sp³-hybridized carbons (Fsp3) is 0.375. The molecule has 1 aromatic carbocycles. The molecule has 1 nitrogen and oxygen atoms in total. The highest BCUT2D eigenvalue weighted by Crippen LogP contribution is 2.30. The molecule has 1 atom stereocenters. The fourth-order valence-corrected chi connectivity index (χ4v) is 1.92. The molecule has 0 bridgehead atoms. The van der Waals surface area contributed by atoms with Gasteiger partial charge in [-0.15, -0.1) is 0 Å². The summed E-state index contributed by atoms with van der Waals surface area (Å²) in [5.41, 5.74) is 2.41. The van der Waals surface area contributed by atoms with Gasteiger partial charge in [0.15, 0.2) is 6.10 Å². The molecular formula is C16H18O. The molecule has 0 fully saturated rings. The summed E-state index contributed by atoms with van der Waals surface area (Å²) in [5, 5.41) is 0. The molecule has 0 amide bonds. The molecule has 0 saturated carbocycles. The number of fused-ring (bicyclic) bond motifs is 1. The summed E-state index contributed by atoms with van der Waals surface area (Å²) in [6.07, 6.45) is 5.29. The van der Waals surface area contributed by atoms with Crippen molar-refractivity contribution in [1.29, 1.82) is 0 Å². The number of rotatable bonds is 2. The second kappa shape index (κ2) is 5.59. The van der Waals surface area contributed by atoms with Crippen molar-refractivity contribution in [2.75, 3.05) is 0 Å². The van der Waals surface area contributed by atoms with Crippen molar-refractivity contribution in [3.63, 3.8) is 0 Å². The van der Waals surface area contributed by atoms with Crippen LogP contribution in [0.4, 0.5) is 0 Å². The summed E-state index contributed by atoms with van der Waals surface area (Å²) in [7, 11) is 0. The Kier molecular flexibility index (Phi) is 3.88. The zero-order valence-electron chi connectivity index (χ0n) is 10.5. The molecule has 1 heteroatoms. The third kappa shape index (κ3) is 2.91. The zero-order chi connectivity index (χ0) is 12.1. The van der Waals surface area contributed by atoms with Gasteiger partial charge in [0, 0.05) is 12.0 Å². The molecule has 1 aliphatic heterocycles. The first-order valence-electron chi connectivity index (χ1n) is 6.23. The van der Waals surface area contributed by atoms with E-state index in [-0.39, 0.29) is 6.10 Å². The van der Waals surface area contributed by atoms with Crippen molar-refractivity contribution in [2.24, 2.45) is 0 Å². The van der Waals surface area contributed by atoms with Crippen LogP contribution in [-0.2, 0) is 4.74 Å². The van der Waals surface area contributed by atoms with E-state index in [1.165, 1.54) is 17.5 Å². The highest BCUT2D eigenvalue weighted by molar-refractivity contribution is 5.59. The van der Waals surface area contributed by atoms with Crippen molar-refractivity contribution in [3.8, 4) is 11.8 Å². The Hall–Kier alpha value is -1.68. The number of ether oxygens (including phenoxy) is 1. The van der Waals surface area contributed by atoms with Crippen LogP contribution in [-0.4, -0.2) is 0 Å². The van der Waals surface area contributed by atoms with Crippen LogP contribution in [0.3, 0.4) is 0 Å². The molecule has 0 aromatic heterocycles. The van der Waals surface area contributed by atoms with Crippen molar-refractivity contribution >= 4 is 6.08 Å². The van der Waals surface area contributed by atoms with Gasteiger partial charge in [-0.2, -0.15) is 0 Å². The van der Waals surface area contributed by atoms with Gasteiger partial charge in [0.25, 0.3) is 0 Å². The first-order valence-corrected chi connectivity index (χ1v) is 6.23. The van der Waals surface area contributed by atoms with Gasteiger partial charge in [-0.1, -0.05) is 49.5 Å². The van der Waals surface area contributed by atoms with Gasteiger partial charge in [0.2, 0.25) is 0 Å². The van der Waals surface area contributed by atoms with Crippen molar-refractivity contribution in [3.05, 3.63) is 41.2 Å². The standard InChI is InChI=1S/C16H18O/c1-3-4-5-6-11-16-15-10-8-7-9-14(15)12-13(2)17-16/h7-10,12,16H,3-5H2,1-2H3/t16-/m1/s1. The van der Waals surface area contributed by atoms with Crippen LogP contribution in [0.15, 0.2) is 30.0 Å². The summed E-state index contributed by atoms with van der Waals surface area (Å²) in [5.74, 6) is 7.39. The topological polar surface area (TPSA) is 9.23 Å². The highest BCUT2D eigenvalue weighted by atomic mass is 16.5. The Labute approximate surface area is 103 Å². The largest absolute Gasteiger partial charge is 0.478 e. The van der Waals surface area contributed by atoms with Crippen LogP contribution in [0.1, 0.15) is 50.3 Å². The molecular weight excluding hydrogens is 208 g/mol. The van der Waals surface area contributed by atoms with E-state index in [9.17, 15) is 0 Å². The van der Waals surface area contributed by atoms with Gasteiger partial charge in [-0.05, 0) is 25.0 Å². The maximum absolute atomic E-state index is 5.78. The molecule has 17 heavy (non-hydrogen) atoms. The second-order valence-electron chi connectivity index (χ2n) is 4.31. The Balaban J connectivity index is 2.19. The van der Waals surface area contributed by atoms with Crippen LogP contribution in [0.2, 0.25) is 0 Å². The average Bonchev–Trinajstić information content (AvgIpc) is 2.34. The van der Waals surface area contributed by atoms with Crippen LogP contribution in [0.5, 0.6) is 0 Å². The first kappa shape index (κ1) is 11.8. The molecule has 0 unspecified atom stereocenters. The maximum Gasteiger partial charge on any atom is 0.184 e. The Morgan fingerprint density at radius 3 is 2.94 bits per heavy atom. The van der Waals surface area contributed by atoms with E-state index in [0.29, 0.717) is 0 Å². The van der Waals surface area contributed by atoms with Crippen LogP contribution >= 0.6 is 0 Å². The molecule has 0 radical (unpaired) electrons. The van der Waals surface area contributed by atoms with E-state index < -0.39 is 0 Å². The molecule has 0 spiro atoms. The van der Waals surface area contributed by atoms with Crippen molar-refractivity contribution in [1.82, 2.24) is 0 Å². The van der Waals surface area contributed by atoms with Crippen molar-refractivity contribution < 1.29 is 4.74 Å². The zero-order valence-corrected chi connectivity index (χ0v) is 10.5. The maximum atomic E-state index is 5.78. The third-order valence-electron chi connectivity index (χ3n) is 2.83. The Morgan fingerprint density at radius 2 is 2.12 bits per heavy atom. The van der Waals surface area contributed by atoms with Gasteiger partial charge in [-0.3, -0.25) is 0 Å². The molecule has 1 aromatic rings. The smallest absolute Gasteiger partial charge is 0.184 e. The van der Waals surface area contributed by atoms with Gasteiger partial charge >= 0.3 is 0 Å². The van der Waals surface area contributed by atoms with E-state index in [4.69, 9.17) is 4.74 Å².